The summed E-state index contributed by atoms with van der Waals surface area (Å²) in [6.45, 7) is 7.44. The molecule has 0 saturated heterocycles. The Morgan fingerprint density at radius 1 is 0.896 bits per heavy atom. The average molecular weight is 823 g/mol. The van der Waals surface area contributed by atoms with Crippen molar-refractivity contribution in [3.63, 3.8) is 0 Å². The number of rotatable bonds is 5. The maximum absolute atomic E-state index is 8.56. The Morgan fingerprint density at radius 2 is 1.58 bits per heavy atom. The molecule has 0 bridgehead atoms. The molecule has 0 radical (unpaired) electrons. The zero-order valence-electron chi connectivity index (χ0n) is 29.0. The van der Waals surface area contributed by atoms with Crippen molar-refractivity contribution in [2.45, 2.75) is 103 Å². The van der Waals surface area contributed by atoms with Gasteiger partial charge in [-0.3, -0.25) is 0 Å². The van der Waals surface area contributed by atoms with E-state index in [9.17, 15) is 0 Å². The van der Waals surface area contributed by atoms with E-state index >= 15 is 0 Å². The molecule has 2 N–H and O–H groups in total. The summed E-state index contributed by atoms with van der Waals surface area (Å²) in [7, 11) is 2.04. The van der Waals surface area contributed by atoms with E-state index in [0.717, 1.165) is 22.9 Å². The number of benzene rings is 3. The SMILES string of the molecule is CC(O)CC(C)O.CC1=CN(c2[c-]cccc2)[CH-]N1C.[Ir+3].[c-]1ccccc1-c1nccc2cc(C3CCC4(CCCCC4)CC3)ccc12. The van der Waals surface area contributed by atoms with Crippen LogP contribution >= 0.6 is 0 Å². The molecule has 3 aromatic carbocycles. The fourth-order valence-electron chi connectivity index (χ4n) is 7.34. The second kappa shape index (κ2) is 18.1. The number of hydrogen-bond acceptors (Lipinski definition) is 5. The zero-order chi connectivity index (χ0) is 33.2. The van der Waals surface area contributed by atoms with Gasteiger partial charge in [-0.15, -0.1) is 41.6 Å². The Kier molecular flexibility index (Phi) is 14.3. The van der Waals surface area contributed by atoms with Crippen LogP contribution in [0.2, 0.25) is 0 Å². The maximum atomic E-state index is 8.56. The van der Waals surface area contributed by atoms with Crippen LogP contribution in [-0.2, 0) is 20.1 Å². The van der Waals surface area contributed by atoms with Crippen LogP contribution in [0.4, 0.5) is 5.69 Å². The van der Waals surface area contributed by atoms with Crippen molar-refractivity contribution in [1.82, 2.24) is 9.88 Å². The van der Waals surface area contributed by atoms with E-state index in [1.165, 1.54) is 79.8 Å². The number of para-hydroxylation sites is 1. The number of aliphatic hydroxyl groups is 2. The molecule has 1 aromatic heterocycles. The molecule has 5 nitrogen and oxygen atoms in total. The summed E-state index contributed by atoms with van der Waals surface area (Å²) in [6, 6.07) is 31.8. The van der Waals surface area contributed by atoms with Gasteiger partial charge in [-0.05, 0) is 124 Å². The van der Waals surface area contributed by atoms with E-state index < -0.39 is 0 Å². The van der Waals surface area contributed by atoms with Crippen LogP contribution in [0.15, 0.2) is 90.9 Å². The molecule has 2 unspecified atom stereocenters. The van der Waals surface area contributed by atoms with Crippen LogP contribution in [0.25, 0.3) is 22.0 Å². The minimum absolute atomic E-state index is 0. The molecule has 3 aliphatic rings. The summed E-state index contributed by atoms with van der Waals surface area (Å²) < 4.78 is 0. The molecule has 2 atom stereocenters. The molecule has 256 valence electrons. The molecule has 2 aliphatic carbocycles. The predicted octanol–water partition coefficient (Wildman–Crippen LogP) is 9.66. The van der Waals surface area contributed by atoms with Gasteiger partial charge in [0, 0.05) is 6.20 Å². The third kappa shape index (κ3) is 10.2. The molecule has 48 heavy (non-hydrogen) atoms. The summed E-state index contributed by atoms with van der Waals surface area (Å²) in [5, 5.41) is 19.7. The number of nitrogens with zero attached hydrogens (tertiary/aromatic N) is 3. The smallest absolute Gasteiger partial charge is 0.508 e. The molecular weight excluding hydrogens is 771 g/mol. The van der Waals surface area contributed by atoms with Crippen LogP contribution in [0.5, 0.6) is 0 Å². The second-order valence-corrected chi connectivity index (χ2v) is 13.8. The maximum Gasteiger partial charge on any atom is 3.00 e. The van der Waals surface area contributed by atoms with Crippen LogP contribution in [0.1, 0.15) is 96.5 Å². The molecule has 1 spiro atoms. The van der Waals surface area contributed by atoms with Crippen LogP contribution in [-0.4, -0.2) is 39.4 Å². The van der Waals surface area contributed by atoms with Crippen molar-refractivity contribution in [1.29, 1.82) is 0 Å². The number of anilines is 1. The number of hydrogen-bond donors (Lipinski definition) is 2. The van der Waals surface area contributed by atoms with E-state index in [1.807, 2.05) is 56.3 Å². The summed E-state index contributed by atoms with van der Waals surface area (Å²) in [4.78, 5) is 8.79. The summed E-state index contributed by atoms with van der Waals surface area (Å²) in [6.07, 6.45) is 16.7. The third-order valence-corrected chi connectivity index (χ3v) is 10.0. The number of pyridine rings is 1. The van der Waals surface area contributed by atoms with Gasteiger partial charge in [0.05, 0.1) is 12.2 Å². The minimum atomic E-state index is -0.375. The average Bonchev–Trinajstić information content (AvgIpc) is 3.43. The van der Waals surface area contributed by atoms with Crippen molar-refractivity contribution in [2.75, 3.05) is 11.9 Å². The van der Waals surface area contributed by atoms with E-state index in [-0.39, 0.29) is 32.3 Å². The molecule has 4 aromatic rings. The Balaban J connectivity index is 0.000000206. The summed E-state index contributed by atoms with van der Waals surface area (Å²) in [5.74, 6) is 0.738. The second-order valence-electron chi connectivity index (χ2n) is 13.8. The fourth-order valence-corrected chi connectivity index (χ4v) is 7.34. The van der Waals surface area contributed by atoms with Crippen molar-refractivity contribution in [3.8, 4) is 11.3 Å². The topological polar surface area (TPSA) is 59.8 Å². The van der Waals surface area contributed by atoms with E-state index in [2.05, 4.69) is 76.4 Å². The van der Waals surface area contributed by atoms with Gasteiger partial charge in [0.1, 0.15) is 0 Å². The van der Waals surface area contributed by atoms with E-state index in [1.54, 1.807) is 13.8 Å². The zero-order valence-corrected chi connectivity index (χ0v) is 31.4. The molecule has 2 fully saturated rings. The van der Waals surface area contributed by atoms with Gasteiger partial charge < -0.3 is 25.0 Å². The normalized spacial score (nSPS) is 18.5. The van der Waals surface area contributed by atoms with E-state index in [0.29, 0.717) is 11.8 Å². The van der Waals surface area contributed by atoms with Gasteiger partial charge in [0.2, 0.25) is 0 Å². The van der Waals surface area contributed by atoms with Gasteiger partial charge in [-0.25, -0.2) is 0 Å². The summed E-state index contributed by atoms with van der Waals surface area (Å²) >= 11 is 0. The predicted molar refractivity (Wildman–Crippen MR) is 194 cm³/mol. The van der Waals surface area contributed by atoms with E-state index in [4.69, 9.17) is 10.2 Å². The van der Waals surface area contributed by atoms with Crippen molar-refractivity contribution in [3.05, 3.63) is 115 Å². The van der Waals surface area contributed by atoms with Gasteiger partial charge in [0.25, 0.3) is 0 Å². The standard InChI is InChI=1S/C26H28N.C11H12N2.C5H12O2.Ir/c1-3-7-21(8-4-1)25-24-10-9-22(19-23(24)13-18-27-25)20-11-16-26(17-12-20)14-5-2-6-15-26;1-10-8-13(9-12(10)2)11-6-4-3-5-7-11;1-4(6)3-5(2)7;/h1,3-4,7,9-10,13,18-20H,2,5-6,11-12,14-17H2;3-6,8-9H,1-2H3;4-7H,3H2,1-2H3;/q-1;-2;;+3. The molecule has 1 aliphatic heterocycles. The Labute approximate surface area is 302 Å². The third-order valence-electron chi connectivity index (χ3n) is 10.0. The molecular formula is C42H52IrN3O2. The minimum Gasteiger partial charge on any atom is -0.508 e. The Bertz CT molecular complexity index is 1550. The molecule has 2 saturated carbocycles. The Morgan fingerprint density at radius 3 is 2.15 bits per heavy atom. The summed E-state index contributed by atoms with van der Waals surface area (Å²) in [5.41, 5.74) is 6.66. The first-order chi connectivity index (χ1) is 22.7. The van der Waals surface area contributed by atoms with Gasteiger partial charge >= 0.3 is 20.1 Å². The first kappa shape index (κ1) is 37.8. The van der Waals surface area contributed by atoms with Gasteiger partial charge in [0.15, 0.2) is 0 Å². The van der Waals surface area contributed by atoms with Crippen LogP contribution < -0.4 is 4.90 Å². The van der Waals surface area contributed by atoms with Crippen molar-refractivity contribution >= 4 is 16.5 Å². The van der Waals surface area contributed by atoms with Crippen LogP contribution in [0, 0.1) is 24.2 Å². The first-order valence-corrected chi connectivity index (χ1v) is 17.5. The molecule has 7 rings (SSSR count). The van der Waals surface area contributed by atoms with Gasteiger partial charge in [-0.1, -0.05) is 37.5 Å². The molecule has 2 heterocycles. The largest absolute Gasteiger partial charge is 3.00 e. The number of aromatic nitrogens is 1. The Hall–Kier alpha value is -3.02. The molecule has 0 amide bonds. The monoisotopic (exact) mass is 823 g/mol. The number of aliphatic hydroxyl groups excluding tert-OH is 2. The first-order valence-electron chi connectivity index (χ1n) is 17.5. The van der Waals surface area contributed by atoms with Gasteiger partial charge in [-0.2, -0.15) is 37.0 Å². The quantitative estimate of drug-likeness (QED) is 0.197. The number of allylic oxidation sites excluding steroid dienone is 1. The fraction of sp³-hybridized carbons (Fsp3) is 0.429. The number of fused-ring (bicyclic) bond motifs is 1. The van der Waals surface area contributed by atoms with Crippen molar-refractivity contribution in [2.24, 2.45) is 5.41 Å². The van der Waals surface area contributed by atoms with Crippen LogP contribution in [0.3, 0.4) is 0 Å². The molecule has 6 heteroatoms. The van der Waals surface area contributed by atoms with Crippen molar-refractivity contribution < 1.29 is 30.3 Å².